The number of hydrogen-bond donors (Lipinski definition) is 2. The molecule has 0 bridgehead atoms. The molecular weight excluding hydrogens is 759 g/mol. The Hall–Kier alpha value is -4.87. The molecule has 0 radical (unpaired) electrons. The van der Waals surface area contributed by atoms with Gasteiger partial charge in [0, 0.05) is 80.4 Å². The van der Waals surface area contributed by atoms with Gasteiger partial charge < -0.3 is 39.5 Å². The highest BCUT2D eigenvalue weighted by Crippen LogP contribution is 2.25. The van der Waals surface area contributed by atoms with Crippen LogP contribution in [0, 0.1) is 11.8 Å². The first-order chi connectivity index (χ1) is 29.2. The van der Waals surface area contributed by atoms with Gasteiger partial charge in [0.15, 0.2) is 11.6 Å². The van der Waals surface area contributed by atoms with Crippen LogP contribution in [0.2, 0.25) is 0 Å². The average molecular weight is 824 g/mol. The van der Waals surface area contributed by atoms with Gasteiger partial charge in [0.2, 0.25) is 5.82 Å². The van der Waals surface area contributed by atoms with Crippen molar-refractivity contribution in [2.24, 2.45) is 0 Å². The first kappa shape index (κ1) is 46.2. The second-order valence-electron chi connectivity index (χ2n) is 15.5. The molecule has 2 N–H and O–H groups in total. The number of Topliss-reactive ketones (excluding diaryl/α,β-unsaturated/α-hetero) is 2. The van der Waals surface area contributed by atoms with Crippen molar-refractivity contribution >= 4 is 34.7 Å². The van der Waals surface area contributed by atoms with Crippen LogP contribution in [-0.2, 0) is 14.2 Å². The van der Waals surface area contributed by atoms with Gasteiger partial charge in [-0.3, -0.25) is 14.4 Å². The lowest BCUT2D eigenvalue weighted by atomic mass is 9.97. The smallest absolute Gasteiger partial charge is 0.251 e. The van der Waals surface area contributed by atoms with Crippen molar-refractivity contribution in [1.82, 2.24) is 20.2 Å². The van der Waals surface area contributed by atoms with Gasteiger partial charge in [-0.1, -0.05) is 44.2 Å². The lowest BCUT2D eigenvalue weighted by Gasteiger charge is -2.33. The Balaban J connectivity index is 1.07. The largest absolute Gasteiger partial charge is 0.382 e. The molecule has 1 aromatic heterocycles. The molecule has 13 nitrogen and oxygen atoms in total. The fourth-order valence-electron chi connectivity index (χ4n) is 7.57. The lowest BCUT2D eigenvalue weighted by Crippen LogP contribution is -2.40. The topological polar surface area (TPSA) is 138 Å². The molecule has 1 atom stereocenters. The van der Waals surface area contributed by atoms with Crippen LogP contribution in [0.3, 0.4) is 0 Å². The van der Waals surface area contributed by atoms with Crippen LogP contribution >= 0.6 is 0 Å². The van der Waals surface area contributed by atoms with Gasteiger partial charge in [-0.2, -0.15) is 0 Å². The minimum absolute atomic E-state index is 0.106. The fourth-order valence-corrected chi connectivity index (χ4v) is 7.57. The van der Waals surface area contributed by atoms with Crippen LogP contribution in [0.25, 0.3) is 0 Å². The monoisotopic (exact) mass is 823 g/mol. The van der Waals surface area contributed by atoms with Crippen molar-refractivity contribution in [3.05, 3.63) is 76.7 Å². The number of carbonyl (C=O) groups excluding carboxylic acids is 3. The summed E-state index contributed by atoms with van der Waals surface area (Å²) in [4.78, 5) is 54.3. The molecule has 1 unspecified atom stereocenters. The lowest BCUT2D eigenvalue weighted by molar-refractivity contribution is 0.0458. The molecule has 13 heteroatoms. The van der Waals surface area contributed by atoms with E-state index in [1.54, 1.807) is 6.07 Å². The average Bonchev–Trinajstić information content (AvgIpc) is 3.26. The van der Waals surface area contributed by atoms with E-state index >= 15 is 0 Å². The summed E-state index contributed by atoms with van der Waals surface area (Å²) in [6, 6.07) is 15.0. The summed E-state index contributed by atoms with van der Waals surface area (Å²) in [6.45, 7) is 18.4. The first-order valence-corrected chi connectivity index (χ1v) is 21.8. The van der Waals surface area contributed by atoms with Crippen molar-refractivity contribution in [3.63, 3.8) is 0 Å². The molecule has 3 aromatic rings. The van der Waals surface area contributed by atoms with E-state index < -0.39 is 0 Å². The van der Waals surface area contributed by atoms with Crippen LogP contribution < -0.4 is 20.4 Å². The van der Waals surface area contributed by atoms with Crippen LogP contribution in [-0.4, -0.2) is 124 Å². The summed E-state index contributed by atoms with van der Waals surface area (Å²) < 4.78 is 17.1. The van der Waals surface area contributed by atoms with E-state index in [0.717, 1.165) is 88.7 Å². The van der Waals surface area contributed by atoms with Gasteiger partial charge in [0.25, 0.3) is 5.91 Å². The number of piperidine rings is 1. The third-order valence-corrected chi connectivity index (χ3v) is 11.1. The number of nitrogens with one attached hydrogen (secondary N) is 2. The zero-order chi connectivity index (χ0) is 42.7. The van der Waals surface area contributed by atoms with E-state index in [4.69, 9.17) is 24.2 Å². The molecule has 2 fully saturated rings. The van der Waals surface area contributed by atoms with Crippen molar-refractivity contribution in [2.45, 2.75) is 85.2 Å². The molecule has 0 aliphatic carbocycles. The number of ketones is 2. The third kappa shape index (κ3) is 14.1. The van der Waals surface area contributed by atoms with E-state index in [0.29, 0.717) is 61.2 Å². The van der Waals surface area contributed by atoms with Gasteiger partial charge in [0.1, 0.15) is 12.4 Å². The predicted molar refractivity (Wildman–Crippen MR) is 237 cm³/mol. The van der Waals surface area contributed by atoms with Crippen LogP contribution in [0.1, 0.15) is 122 Å². The molecule has 0 spiro atoms. The molecular formula is C47H65N7O6. The van der Waals surface area contributed by atoms with Crippen molar-refractivity contribution in [3.8, 4) is 11.8 Å². The summed E-state index contributed by atoms with van der Waals surface area (Å²) in [5.74, 6) is 7.00. The Bertz CT molecular complexity index is 1900. The molecule has 60 heavy (non-hydrogen) atoms. The highest BCUT2D eigenvalue weighted by molar-refractivity contribution is 6.10. The number of nitrogens with zero attached hydrogens (tertiary/aromatic N) is 5. The number of rotatable bonds is 22. The Morgan fingerprint density at radius 2 is 1.67 bits per heavy atom. The summed E-state index contributed by atoms with van der Waals surface area (Å²) in [7, 11) is 0. The van der Waals surface area contributed by atoms with E-state index in [1.807, 2.05) is 49.4 Å². The SMILES string of the molecule is CCCCCCN(CC)c1cc(C(C)NC(=O)c2ccc(N3CCOCC3)cc2)nc(C#CCOCCOCCN2CCC(Nc3cccc(C(C)=O)c3C(C)=O)CC2)n1. The second-order valence-corrected chi connectivity index (χ2v) is 15.5. The summed E-state index contributed by atoms with van der Waals surface area (Å²) in [5.41, 5.74) is 4.06. The number of ether oxygens (including phenoxy) is 3. The maximum Gasteiger partial charge on any atom is 0.251 e. The molecule has 5 rings (SSSR count). The molecule has 324 valence electrons. The Labute approximate surface area is 356 Å². The van der Waals surface area contributed by atoms with E-state index in [9.17, 15) is 14.4 Å². The summed E-state index contributed by atoms with van der Waals surface area (Å²) in [6.07, 6.45) is 6.49. The molecule has 2 aromatic carbocycles. The number of anilines is 3. The maximum atomic E-state index is 13.3. The predicted octanol–water partition coefficient (Wildman–Crippen LogP) is 6.58. The van der Waals surface area contributed by atoms with Crippen molar-refractivity contribution in [2.75, 3.05) is 101 Å². The standard InChI is InChI=1S/C47H65N7O6/c1-6-8-9-10-22-53(7-2)45-34-43(35(3)48-47(57)38-16-18-40(19-17-38)54-26-30-59-31-27-54)50-44(51-45)15-12-28-58-32-33-60-29-25-52-23-20-39(21-24-52)49-42-14-11-13-41(36(4)55)46(42)37(5)56/h11,13-14,16-19,34-35,39,49H,6-10,20-33H2,1-5H3,(H,48,57). The summed E-state index contributed by atoms with van der Waals surface area (Å²) >= 11 is 0. The Kier molecular flexibility index (Phi) is 18.8. The third-order valence-electron chi connectivity index (χ3n) is 11.1. The van der Waals surface area contributed by atoms with Crippen LogP contribution in [0.15, 0.2) is 48.5 Å². The number of unbranched alkanes of at least 4 members (excludes halogenated alkanes) is 3. The molecule has 2 aliphatic heterocycles. The normalized spacial score (nSPS) is 15.2. The quantitative estimate of drug-likeness (QED) is 0.0644. The first-order valence-electron chi connectivity index (χ1n) is 21.8. The number of morpholine rings is 1. The number of likely N-dealkylation sites (tertiary alicyclic amines) is 1. The van der Waals surface area contributed by atoms with Gasteiger partial charge >= 0.3 is 0 Å². The fraction of sp³-hybridized carbons (Fsp3) is 0.553. The Morgan fingerprint density at radius 1 is 0.917 bits per heavy atom. The second kappa shape index (κ2) is 24.4. The zero-order valence-corrected chi connectivity index (χ0v) is 36.4. The van der Waals surface area contributed by atoms with E-state index in [1.165, 1.54) is 26.7 Å². The molecule has 3 heterocycles. The molecule has 2 aliphatic rings. The van der Waals surface area contributed by atoms with Gasteiger partial charge in [-0.15, -0.1) is 0 Å². The molecule has 0 saturated carbocycles. The number of carbonyl (C=O) groups is 3. The minimum atomic E-state index is -0.369. The van der Waals surface area contributed by atoms with Crippen molar-refractivity contribution < 1.29 is 28.6 Å². The highest BCUT2D eigenvalue weighted by atomic mass is 16.5. The summed E-state index contributed by atoms with van der Waals surface area (Å²) in [5, 5.41) is 6.65. The van der Waals surface area contributed by atoms with Gasteiger partial charge in [-0.25, -0.2) is 9.97 Å². The minimum Gasteiger partial charge on any atom is -0.382 e. The number of aromatic nitrogens is 2. The van der Waals surface area contributed by atoms with Crippen LogP contribution in [0.5, 0.6) is 0 Å². The molecule has 2 saturated heterocycles. The number of benzene rings is 2. The number of amides is 1. The highest BCUT2D eigenvalue weighted by Gasteiger charge is 2.23. The Morgan fingerprint density at radius 3 is 2.37 bits per heavy atom. The number of hydrogen-bond acceptors (Lipinski definition) is 12. The van der Waals surface area contributed by atoms with E-state index in [-0.39, 0.29) is 36.2 Å². The zero-order valence-electron chi connectivity index (χ0n) is 36.4. The van der Waals surface area contributed by atoms with Crippen LogP contribution in [0.4, 0.5) is 17.2 Å². The molecule has 1 amide bonds. The maximum absolute atomic E-state index is 13.3. The van der Waals surface area contributed by atoms with Crippen molar-refractivity contribution in [1.29, 1.82) is 0 Å². The van der Waals surface area contributed by atoms with Gasteiger partial charge in [0.05, 0.1) is 50.3 Å². The van der Waals surface area contributed by atoms with Gasteiger partial charge in [-0.05, 0) is 83.2 Å². The van der Waals surface area contributed by atoms with E-state index in [2.05, 4.69) is 51.0 Å².